The number of rotatable bonds is 6. The molecule has 1 aliphatic rings. The highest BCUT2D eigenvalue weighted by atomic mass is 32.2. The van der Waals surface area contributed by atoms with Crippen molar-refractivity contribution in [2.45, 2.75) is 19.9 Å². The van der Waals surface area contributed by atoms with E-state index in [0.717, 1.165) is 5.56 Å². The molecule has 7 heteroatoms. The van der Waals surface area contributed by atoms with Gasteiger partial charge in [0, 0.05) is 0 Å². The zero-order chi connectivity index (χ0) is 17.5. The number of esters is 1. The van der Waals surface area contributed by atoms with Gasteiger partial charge in [0.05, 0.1) is 29.5 Å². The van der Waals surface area contributed by atoms with Crippen molar-refractivity contribution in [3.8, 4) is 0 Å². The molecule has 1 heterocycles. The van der Waals surface area contributed by atoms with Gasteiger partial charge in [0.25, 0.3) is 0 Å². The number of ether oxygens (including phenoxy) is 1. The van der Waals surface area contributed by atoms with Crippen LogP contribution in [0, 0.1) is 0 Å². The number of thioether (sulfide) groups is 1. The molecule has 0 radical (unpaired) electrons. The largest absolute Gasteiger partial charge is 0.463 e. The molecule has 6 nitrogen and oxygen atoms in total. The Morgan fingerprint density at radius 2 is 2.08 bits per heavy atom. The average molecular weight is 348 g/mol. The first-order chi connectivity index (χ1) is 11.5. The van der Waals surface area contributed by atoms with Crippen LogP contribution in [0.15, 0.2) is 41.4 Å². The van der Waals surface area contributed by atoms with Crippen molar-refractivity contribution in [3.05, 3.63) is 47.0 Å². The summed E-state index contributed by atoms with van der Waals surface area (Å²) in [6, 6.07) is 9.39. The molecule has 1 aromatic carbocycles. The monoisotopic (exact) mass is 348 g/mol. The molecular formula is C17H20N2O4S. The van der Waals surface area contributed by atoms with Gasteiger partial charge < -0.3 is 10.1 Å². The Labute approximate surface area is 145 Å². The fraction of sp³-hybridized carbons (Fsp3) is 0.353. The van der Waals surface area contributed by atoms with Crippen molar-refractivity contribution in [1.82, 2.24) is 10.2 Å². The predicted molar refractivity (Wildman–Crippen MR) is 91.9 cm³/mol. The lowest BCUT2D eigenvalue weighted by molar-refractivity contribution is -0.137. The number of hydrogen-bond acceptors (Lipinski definition) is 5. The van der Waals surface area contributed by atoms with E-state index < -0.39 is 5.97 Å². The Kier molecular flexibility index (Phi) is 6.43. The Morgan fingerprint density at radius 1 is 1.38 bits per heavy atom. The van der Waals surface area contributed by atoms with E-state index in [0.29, 0.717) is 5.03 Å². The van der Waals surface area contributed by atoms with Gasteiger partial charge in [-0.2, -0.15) is 0 Å². The summed E-state index contributed by atoms with van der Waals surface area (Å²) in [4.78, 5) is 37.0. The number of carbonyl (C=O) groups is 3. The minimum absolute atomic E-state index is 0.117. The van der Waals surface area contributed by atoms with E-state index in [4.69, 9.17) is 4.74 Å². The average Bonchev–Trinajstić information content (AvgIpc) is 2.89. The van der Waals surface area contributed by atoms with E-state index in [1.54, 1.807) is 6.92 Å². The minimum Gasteiger partial charge on any atom is -0.463 e. The topological polar surface area (TPSA) is 75.7 Å². The molecule has 0 bridgehead atoms. The third-order valence-electron chi connectivity index (χ3n) is 3.42. The van der Waals surface area contributed by atoms with Crippen LogP contribution in [0.25, 0.3) is 0 Å². The molecule has 24 heavy (non-hydrogen) atoms. The molecule has 128 valence electrons. The summed E-state index contributed by atoms with van der Waals surface area (Å²) in [6.07, 6.45) is 1.26. The lowest BCUT2D eigenvalue weighted by atomic mass is 10.1. The van der Waals surface area contributed by atoms with Gasteiger partial charge in [-0.1, -0.05) is 42.1 Å². The number of benzene rings is 1. The summed E-state index contributed by atoms with van der Waals surface area (Å²) in [6.45, 7) is 3.73. The second-order valence-corrected chi connectivity index (χ2v) is 6.20. The normalized spacial score (nSPS) is 17.0. The maximum Gasteiger partial charge on any atom is 0.333 e. The predicted octanol–water partition coefficient (Wildman–Crippen LogP) is 1.84. The lowest BCUT2D eigenvalue weighted by Gasteiger charge is -2.19. The van der Waals surface area contributed by atoms with Crippen molar-refractivity contribution >= 4 is 29.5 Å². The summed E-state index contributed by atoms with van der Waals surface area (Å²) in [5.74, 6) is -0.778. The van der Waals surface area contributed by atoms with Gasteiger partial charge in [0.2, 0.25) is 11.8 Å². The maximum atomic E-state index is 12.2. The van der Waals surface area contributed by atoms with Crippen LogP contribution in [-0.4, -0.2) is 41.6 Å². The first kappa shape index (κ1) is 18.1. The van der Waals surface area contributed by atoms with Crippen LogP contribution in [0.1, 0.15) is 25.5 Å². The molecule has 1 fully saturated rings. The van der Waals surface area contributed by atoms with E-state index in [1.165, 1.54) is 22.7 Å². The molecular weight excluding hydrogens is 328 g/mol. The molecule has 1 saturated heterocycles. The van der Waals surface area contributed by atoms with E-state index in [2.05, 4.69) is 5.32 Å². The highest BCUT2D eigenvalue weighted by molar-refractivity contribution is 8.04. The number of amides is 2. The van der Waals surface area contributed by atoms with Crippen LogP contribution in [0.3, 0.4) is 0 Å². The van der Waals surface area contributed by atoms with Gasteiger partial charge in [-0.15, -0.1) is 0 Å². The SMILES string of the molecule is CCOC(=O)/C=C1/SCC(=O)N1CC(=O)NC(C)c1ccccc1. The summed E-state index contributed by atoms with van der Waals surface area (Å²) < 4.78 is 4.85. The molecule has 1 aromatic rings. The fourth-order valence-corrected chi connectivity index (χ4v) is 3.17. The number of carbonyl (C=O) groups excluding carboxylic acids is 3. The third-order valence-corrected chi connectivity index (χ3v) is 4.44. The fourth-order valence-electron chi connectivity index (χ4n) is 2.24. The zero-order valence-corrected chi connectivity index (χ0v) is 14.5. The molecule has 1 unspecified atom stereocenters. The van der Waals surface area contributed by atoms with Crippen LogP contribution in [-0.2, 0) is 19.1 Å². The molecule has 0 saturated carbocycles. The molecule has 1 N–H and O–H groups in total. The number of nitrogens with one attached hydrogen (secondary N) is 1. The van der Waals surface area contributed by atoms with Gasteiger partial charge in [-0.3, -0.25) is 14.5 Å². The van der Waals surface area contributed by atoms with Crippen molar-refractivity contribution in [3.63, 3.8) is 0 Å². The number of nitrogens with zero attached hydrogens (tertiary/aromatic N) is 1. The lowest BCUT2D eigenvalue weighted by Crippen LogP contribution is -2.38. The van der Waals surface area contributed by atoms with Crippen LogP contribution in [0.4, 0.5) is 0 Å². The standard InChI is InChI=1S/C17H20N2O4S/c1-3-23-17(22)9-16-19(15(21)11-24-16)10-14(20)18-12(2)13-7-5-4-6-8-13/h4-9,12H,3,10-11H2,1-2H3,(H,18,20)/b16-9+. The van der Waals surface area contributed by atoms with Gasteiger partial charge in [-0.05, 0) is 19.4 Å². The quantitative estimate of drug-likeness (QED) is 0.627. The van der Waals surface area contributed by atoms with Crippen LogP contribution < -0.4 is 5.32 Å². The second-order valence-electron chi connectivity index (χ2n) is 5.20. The smallest absolute Gasteiger partial charge is 0.333 e. The molecule has 0 aliphatic carbocycles. The third kappa shape index (κ3) is 4.86. The first-order valence-electron chi connectivity index (χ1n) is 7.67. The molecule has 0 aromatic heterocycles. The Hall–Kier alpha value is -2.28. The maximum absolute atomic E-state index is 12.2. The summed E-state index contributed by atoms with van der Waals surface area (Å²) in [7, 11) is 0. The first-order valence-corrected chi connectivity index (χ1v) is 8.65. The zero-order valence-electron chi connectivity index (χ0n) is 13.7. The van der Waals surface area contributed by atoms with Gasteiger partial charge in [-0.25, -0.2) is 4.79 Å². The van der Waals surface area contributed by atoms with Crippen molar-refractivity contribution in [2.75, 3.05) is 18.9 Å². The molecule has 1 atom stereocenters. The van der Waals surface area contributed by atoms with Crippen LogP contribution in [0.5, 0.6) is 0 Å². The molecule has 0 spiro atoms. The van der Waals surface area contributed by atoms with Crippen LogP contribution >= 0.6 is 11.8 Å². The van der Waals surface area contributed by atoms with Crippen LogP contribution in [0.2, 0.25) is 0 Å². The van der Waals surface area contributed by atoms with Gasteiger partial charge in [0.1, 0.15) is 6.54 Å². The number of hydrogen-bond donors (Lipinski definition) is 1. The van der Waals surface area contributed by atoms with E-state index in [-0.39, 0.29) is 36.8 Å². The Balaban J connectivity index is 1.98. The van der Waals surface area contributed by atoms with E-state index >= 15 is 0 Å². The highest BCUT2D eigenvalue weighted by Crippen LogP contribution is 2.28. The Morgan fingerprint density at radius 3 is 2.75 bits per heavy atom. The van der Waals surface area contributed by atoms with Crippen molar-refractivity contribution < 1.29 is 19.1 Å². The molecule has 2 amide bonds. The van der Waals surface area contributed by atoms with E-state index in [9.17, 15) is 14.4 Å². The molecule has 1 aliphatic heterocycles. The van der Waals surface area contributed by atoms with E-state index in [1.807, 2.05) is 37.3 Å². The van der Waals surface area contributed by atoms with Crippen molar-refractivity contribution in [1.29, 1.82) is 0 Å². The highest BCUT2D eigenvalue weighted by Gasteiger charge is 2.29. The van der Waals surface area contributed by atoms with Gasteiger partial charge in [0.15, 0.2) is 0 Å². The molecule has 2 rings (SSSR count). The van der Waals surface area contributed by atoms with Crippen molar-refractivity contribution in [2.24, 2.45) is 0 Å². The summed E-state index contributed by atoms with van der Waals surface area (Å²) >= 11 is 1.23. The summed E-state index contributed by atoms with van der Waals surface area (Å²) in [5.41, 5.74) is 0.982. The summed E-state index contributed by atoms with van der Waals surface area (Å²) in [5, 5.41) is 3.30. The second kappa shape index (κ2) is 8.54. The minimum atomic E-state index is -0.516. The van der Waals surface area contributed by atoms with Gasteiger partial charge >= 0.3 is 5.97 Å². The Bertz CT molecular complexity index is 645.